The summed E-state index contributed by atoms with van der Waals surface area (Å²) in [4.78, 5) is 3.47. The summed E-state index contributed by atoms with van der Waals surface area (Å²) >= 11 is 0. The van der Waals surface area contributed by atoms with Gasteiger partial charge in [-0.2, -0.15) is 0 Å². The first-order chi connectivity index (χ1) is 11.3. The van der Waals surface area contributed by atoms with Crippen LogP contribution in [0.3, 0.4) is 0 Å². The fourth-order valence-corrected chi connectivity index (χ4v) is 3.77. The zero-order chi connectivity index (χ0) is 15.9. The summed E-state index contributed by atoms with van der Waals surface area (Å²) in [7, 11) is 2.38. The molecule has 2 aromatic carbocycles. The number of rotatable bonds is 6. The molecular formula is C21H30N2+2. The first-order valence-electron chi connectivity index (χ1n) is 9.05. The number of hydrogen-bond donors (Lipinski definition) is 2. The third-order valence-electron chi connectivity index (χ3n) is 5.34. The molecule has 1 fully saturated rings. The van der Waals surface area contributed by atoms with Crippen molar-refractivity contribution in [1.29, 1.82) is 0 Å². The lowest BCUT2D eigenvalue weighted by atomic mass is 10.0. The van der Waals surface area contributed by atoms with Crippen LogP contribution in [0.1, 0.15) is 24.0 Å². The van der Waals surface area contributed by atoms with Crippen molar-refractivity contribution in [2.75, 3.05) is 26.7 Å². The number of piperidine rings is 1. The molecule has 0 saturated carbocycles. The second-order valence-electron chi connectivity index (χ2n) is 7.02. The van der Waals surface area contributed by atoms with E-state index in [1.807, 2.05) is 0 Å². The Bertz CT molecular complexity index is 559. The van der Waals surface area contributed by atoms with E-state index in [0.29, 0.717) is 0 Å². The van der Waals surface area contributed by atoms with Crippen LogP contribution in [0.15, 0.2) is 60.7 Å². The quantitative estimate of drug-likeness (QED) is 0.787. The molecule has 3 rings (SSSR count). The molecule has 0 aliphatic carbocycles. The summed E-state index contributed by atoms with van der Waals surface area (Å²) in [5.41, 5.74) is 2.95. The maximum Gasteiger partial charge on any atom is 0.103 e. The molecule has 2 N–H and O–H groups in total. The van der Waals surface area contributed by atoms with Crippen LogP contribution in [0.25, 0.3) is 0 Å². The minimum Gasteiger partial charge on any atom is -0.334 e. The van der Waals surface area contributed by atoms with E-state index in [-0.39, 0.29) is 0 Å². The van der Waals surface area contributed by atoms with E-state index in [9.17, 15) is 0 Å². The van der Waals surface area contributed by atoms with Crippen LogP contribution in [0.5, 0.6) is 0 Å². The van der Waals surface area contributed by atoms with E-state index in [4.69, 9.17) is 0 Å². The standard InChI is InChI=1S/C21H28N2/c1-22(15-12-19-8-4-2-5-9-19)21-13-16-23(17-14-21)18-20-10-6-3-7-11-20/h2-11,21H,12-18H2,1H3/p+2. The average molecular weight is 310 g/mol. The number of likely N-dealkylation sites (tertiary alicyclic amines) is 1. The molecule has 1 unspecified atom stereocenters. The van der Waals surface area contributed by atoms with Crippen LogP contribution in [0, 0.1) is 0 Å². The molecule has 122 valence electrons. The molecule has 0 spiro atoms. The zero-order valence-corrected chi connectivity index (χ0v) is 14.3. The maximum absolute atomic E-state index is 2.38. The Morgan fingerprint density at radius 2 is 1.43 bits per heavy atom. The SMILES string of the molecule is C[NH+](CCc1ccccc1)C1CC[NH+](Cc2ccccc2)CC1. The van der Waals surface area contributed by atoms with Gasteiger partial charge in [0.05, 0.1) is 32.7 Å². The second kappa shape index (κ2) is 8.28. The summed E-state index contributed by atoms with van der Waals surface area (Å²) in [6, 6.07) is 22.7. The minimum atomic E-state index is 0.846. The molecule has 0 bridgehead atoms. The van der Waals surface area contributed by atoms with E-state index < -0.39 is 0 Å². The molecule has 0 aromatic heterocycles. The molecule has 1 saturated heterocycles. The Hall–Kier alpha value is -1.64. The normalized spacial score (nSPS) is 22.7. The highest BCUT2D eigenvalue weighted by Crippen LogP contribution is 2.01. The fraction of sp³-hybridized carbons (Fsp3) is 0.429. The number of benzene rings is 2. The fourth-order valence-electron chi connectivity index (χ4n) is 3.77. The van der Waals surface area contributed by atoms with Gasteiger partial charge in [0.15, 0.2) is 0 Å². The molecule has 2 nitrogen and oxygen atoms in total. The van der Waals surface area contributed by atoms with Gasteiger partial charge < -0.3 is 9.80 Å². The number of quaternary nitrogens is 2. The first-order valence-corrected chi connectivity index (χ1v) is 9.05. The monoisotopic (exact) mass is 310 g/mol. The Morgan fingerprint density at radius 3 is 2.04 bits per heavy atom. The van der Waals surface area contributed by atoms with Crippen molar-refractivity contribution in [3.8, 4) is 0 Å². The minimum absolute atomic E-state index is 0.846. The predicted octanol–water partition coefficient (Wildman–Crippen LogP) is 0.991. The summed E-state index contributed by atoms with van der Waals surface area (Å²) < 4.78 is 0. The summed E-state index contributed by atoms with van der Waals surface area (Å²) in [6.45, 7) is 5.09. The molecule has 2 heteroatoms. The summed E-state index contributed by atoms with van der Waals surface area (Å²) in [5.74, 6) is 0. The largest absolute Gasteiger partial charge is 0.334 e. The molecule has 1 aliphatic heterocycles. The molecular weight excluding hydrogens is 280 g/mol. The smallest absolute Gasteiger partial charge is 0.103 e. The molecule has 1 heterocycles. The van der Waals surface area contributed by atoms with Gasteiger partial charge in [-0.05, 0) is 5.56 Å². The topological polar surface area (TPSA) is 8.88 Å². The Kier molecular flexibility index (Phi) is 5.84. The van der Waals surface area contributed by atoms with E-state index in [0.717, 1.165) is 6.04 Å². The van der Waals surface area contributed by atoms with Gasteiger partial charge in [-0.15, -0.1) is 0 Å². The molecule has 23 heavy (non-hydrogen) atoms. The lowest BCUT2D eigenvalue weighted by Crippen LogP contribution is -3.18. The number of nitrogens with one attached hydrogen (secondary N) is 2. The lowest BCUT2D eigenvalue weighted by molar-refractivity contribution is -0.954. The Balaban J connectivity index is 1.41. The van der Waals surface area contributed by atoms with Gasteiger partial charge >= 0.3 is 0 Å². The van der Waals surface area contributed by atoms with Crippen molar-refractivity contribution in [1.82, 2.24) is 0 Å². The van der Waals surface area contributed by atoms with Crippen LogP contribution in [0.4, 0.5) is 0 Å². The van der Waals surface area contributed by atoms with Crippen LogP contribution >= 0.6 is 0 Å². The molecule has 1 atom stereocenters. The molecule has 2 aromatic rings. The summed E-state index contributed by atoms with van der Waals surface area (Å²) in [5, 5.41) is 0. The Labute approximate surface area is 140 Å². The van der Waals surface area contributed by atoms with E-state index in [1.165, 1.54) is 56.6 Å². The van der Waals surface area contributed by atoms with Gasteiger partial charge in [-0.1, -0.05) is 60.7 Å². The first kappa shape index (κ1) is 16.2. The van der Waals surface area contributed by atoms with Crippen LogP contribution in [-0.4, -0.2) is 32.7 Å². The van der Waals surface area contributed by atoms with Crippen molar-refractivity contribution < 1.29 is 9.80 Å². The second-order valence-corrected chi connectivity index (χ2v) is 7.02. The molecule has 0 radical (unpaired) electrons. The van der Waals surface area contributed by atoms with Gasteiger partial charge in [-0.3, -0.25) is 0 Å². The third kappa shape index (κ3) is 4.92. The van der Waals surface area contributed by atoms with E-state index >= 15 is 0 Å². The molecule has 1 aliphatic rings. The van der Waals surface area contributed by atoms with Crippen LogP contribution in [-0.2, 0) is 13.0 Å². The predicted molar refractivity (Wildman–Crippen MR) is 95.8 cm³/mol. The highest BCUT2D eigenvalue weighted by Gasteiger charge is 2.27. The van der Waals surface area contributed by atoms with Crippen LogP contribution < -0.4 is 9.80 Å². The van der Waals surface area contributed by atoms with Crippen molar-refractivity contribution >= 4 is 0 Å². The zero-order valence-electron chi connectivity index (χ0n) is 14.3. The van der Waals surface area contributed by atoms with Gasteiger partial charge in [-0.25, -0.2) is 0 Å². The highest BCUT2D eigenvalue weighted by molar-refractivity contribution is 5.14. The molecule has 0 amide bonds. The van der Waals surface area contributed by atoms with Gasteiger partial charge in [0, 0.05) is 24.8 Å². The maximum atomic E-state index is 2.38. The van der Waals surface area contributed by atoms with Crippen molar-refractivity contribution in [2.45, 2.75) is 31.8 Å². The third-order valence-corrected chi connectivity index (χ3v) is 5.34. The number of hydrogen-bond acceptors (Lipinski definition) is 0. The van der Waals surface area contributed by atoms with Gasteiger partial charge in [0.2, 0.25) is 0 Å². The average Bonchev–Trinajstić information content (AvgIpc) is 2.62. The van der Waals surface area contributed by atoms with E-state index in [1.54, 1.807) is 9.80 Å². The lowest BCUT2D eigenvalue weighted by Gasteiger charge is -2.32. The van der Waals surface area contributed by atoms with Crippen molar-refractivity contribution in [3.63, 3.8) is 0 Å². The van der Waals surface area contributed by atoms with E-state index in [2.05, 4.69) is 67.7 Å². The summed E-state index contributed by atoms with van der Waals surface area (Å²) in [6.07, 6.45) is 3.93. The van der Waals surface area contributed by atoms with Crippen molar-refractivity contribution in [3.05, 3.63) is 71.8 Å². The highest BCUT2D eigenvalue weighted by atomic mass is 15.2. The van der Waals surface area contributed by atoms with Gasteiger partial charge in [0.25, 0.3) is 0 Å². The van der Waals surface area contributed by atoms with Crippen molar-refractivity contribution in [2.24, 2.45) is 0 Å². The van der Waals surface area contributed by atoms with Crippen LogP contribution in [0.2, 0.25) is 0 Å². The Morgan fingerprint density at radius 1 is 0.870 bits per heavy atom. The van der Waals surface area contributed by atoms with Gasteiger partial charge in [0.1, 0.15) is 6.54 Å². The number of likely N-dealkylation sites (N-methyl/N-ethyl adjacent to an activating group) is 1.